The van der Waals surface area contributed by atoms with Gasteiger partial charge in [0.05, 0.1) is 0 Å². The molecule has 138 valence electrons. The summed E-state index contributed by atoms with van der Waals surface area (Å²) in [7, 11) is 0. The minimum absolute atomic E-state index is 0.0393. The summed E-state index contributed by atoms with van der Waals surface area (Å²) in [5.74, 6) is -0.975. The van der Waals surface area contributed by atoms with Crippen LogP contribution in [-0.4, -0.2) is 31.7 Å². The Morgan fingerprint density at radius 3 is 2.42 bits per heavy atom. The largest absolute Gasteiger partial charge is 0.482 e. The summed E-state index contributed by atoms with van der Waals surface area (Å²) in [6.45, 7) is -3.83. The van der Waals surface area contributed by atoms with Gasteiger partial charge in [-0.3, -0.25) is 4.79 Å². The molecule has 0 heterocycles. The Morgan fingerprint density at radius 2 is 1.77 bits per heavy atom. The first-order valence-electron chi connectivity index (χ1n) is 7.31. The van der Waals surface area contributed by atoms with Crippen molar-refractivity contribution in [3.63, 3.8) is 0 Å². The van der Waals surface area contributed by atoms with Crippen LogP contribution in [0.1, 0.15) is 0 Å². The maximum Gasteiger partial charge on any atom is 0.387 e. The number of carbonyl (C=O) groups excluding carboxylic acids is 2. The summed E-state index contributed by atoms with van der Waals surface area (Å²) in [5, 5.41) is 2.90. The molecule has 2 aromatic rings. The Morgan fingerprint density at radius 1 is 1.04 bits per heavy atom. The van der Waals surface area contributed by atoms with Crippen LogP contribution in [0.15, 0.2) is 48.5 Å². The molecular formula is C17H14ClF2NO5. The molecule has 0 saturated heterocycles. The number of nitrogens with one attached hydrogen (secondary N) is 1. The molecule has 0 saturated carbocycles. The zero-order valence-corrected chi connectivity index (χ0v) is 14.0. The molecule has 0 fully saturated rings. The zero-order valence-electron chi connectivity index (χ0n) is 13.3. The predicted molar refractivity (Wildman–Crippen MR) is 89.6 cm³/mol. The third kappa shape index (κ3) is 6.94. The lowest BCUT2D eigenvalue weighted by molar-refractivity contribution is -0.149. The van der Waals surface area contributed by atoms with E-state index in [1.807, 2.05) is 0 Å². The van der Waals surface area contributed by atoms with Gasteiger partial charge in [0, 0.05) is 10.7 Å². The van der Waals surface area contributed by atoms with Crippen molar-refractivity contribution in [1.29, 1.82) is 0 Å². The number of amides is 1. The van der Waals surface area contributed by atoms with Crippen LogP contribution in [0.2, 0.25) is 5.02 Å². The Balaban J connectivity index is 1.71. The number of ether oxygens (including phenoxy) is 3. The predicted octanol–water partition coefficient (Wildman–Crippen LogP) is 3.50. The monoisotopic (exact) mass is 385 g/mol. The number of hydrogen-bond donors (Lipinski definition) is 1. The molecule has 9 heteroatoms. The van der Waals surface area contributed by atoms with Gasteiger partial charge in [0.1, 0.15) is 11.5 Å². The van der Waals surface area contributed by atoms with Gasteiger partial charge in [-0.2, -0.15) is 8.78 Å². The third-order valence-corrected chi connectivity index (χ3v) is 3.12. The minimum atomic E-state index is -2.93. The first-order valence-corrected chi connectivity index (χ1v) is 7.69. The number of benzene rings is 2. The van der Waals surface area contributed by atoms with E-state index >= 15 is 0 Å². The standard InChI is InChI=1S/C17H14ClF2NO5/c18-11-2-1-3-14(8-11)24-10-16(23)25-9-15(22)21-12-4-6-13(7-5-12)26-17(19)20/h1-8,17H,9-10H2,(H,21,22). The number of rotatable bonds is 8. The van der Waals surface area contributed by atoms with Crippen molar-refractivity contribution in [1.82, 2.24) is 0 Å². The van der Waals surface area contributed by atoms with E-state index in [1.54, 1.807) is 18.2 Å². The van der Waals surface area contributed by atoms with Gasteiger partial charge in [-0.15, -0.1) is 0 Å². The van der Waals surface area contributed by atoms with Gasteiger partial charge in [0.15, 0.2) is 13.2 Å². The molecule has 0 aliphatic heterocycles. The van der Waals surface area contributed by atoms with Crippen LogP contribution in [0.5, 0.6) is 11.5 Å². The van der Waals surface area contributed by atoms with Gasteiger partial charge in [-0.1, -0.05) is 17.7 Å². The highest BCUT2D eigenvalue weighted by Crippen LogP contribution is 2.18. The molecule has 0 aromatic heterocycles. The second kappa shape index (κ2) is 9.57. The second-order valence-corrected chi connectivity index (χ2v) is 5.29. The third-order valence-electron chi connectivity index (χ3n) is 2.88. The molecule has 0 spiro atoms. The summed E-state index contributed by atoms with van der Waals surface area (Å²) in [5.41, 5.74) is 0.336. The van der Waals surface area contributed by atoms with Crippen molar-refractivity contribution in [3.05, 3.63) is 53.6 Å². The van der Waals surface area contributed by atoms with Crippen molar-refractivity contribution < 1.29 is 32.6 Å². The molecule has 6 nitrogen and oxygen atoms in total. The summed E-state index contributed by atoms with van der Waals surface area (Å²) >= 11 is 5.78. The van der Waals surface area contributed by atoms with E-state index in [0.29, 0.717) is 16.5 Å². The Labute approximate surface area is 152 Å². The highest BCUT2D eigenvalue weighted by Gasteiger charge is 2.10. The highest BCUT2D eigenvalue weighted by atomic mass is 35.5. The van der Waals surface area contributed by atoms with Gasteiger partial charge in [0.25, 0.3) is 5.91 Å². The van der Waals surface area contributed by atoms with E-state index < -0.39 is 25.1 Å². The molecule has 0 aliphatic carbocycles. The molecule has 0 unspecified atom stereocenters. The Bertz CT molecular complexity index is 755. The van der Waals surface area contributed by atoms with Gasteiger partial charge in [-0.05, 0) is 42.5 Å². The quantitative estimate of drug-likeness (QED) is 0.704. The van der Waals surface area contributed by atoms with Gasteiger partial charge in [0.2, 0.25) is 0 Å². The van der Waals surface area contributed by atoms with Crippen LogP contribution in [0.3, 0.4) is 0 Å². The maximum absolute atomic E-state index is 12.0. The second-order valence-electron chi connectivity index (χ2n) is 4.86. The van der Waals surface area contributed by atoms with Crippen LogP contribution in [-0.2, 0) is 14.3 Å². The van der Waals surface area contributed by atoms with Crippen LogP contribution < -0.4 is 14.8 Å². The van der Waals surface area contributed by atoms with Crippen molar-refractivity contribution >= 4 is 29.2 Å². The van der Waals surface area contributed by atoms with Crippen LogP contribution in [0.4, 0.5) is 14.5 Å². The van der Waals surface area contributed by atoms with Crippen molar-refractivity contribution in [2.24, 2.45) is 0 Å². The highest BCUT2D eigenvalue weighted by molar-refractivity contribution is 6.30. The van der Waals surface area contributed by atoms with E-state index in [2.05, 4.69) is 10.1 Å². The Kier molecular flexibility index (Phi) is 7.16. The molecule has 0 radical (unpaired) electrons. The molecule has 2 rings (SSSR count). The number of anilines is 1. The summed E-state index contributed by atoms with van der Waals surface area (Å²) in [6, 6.07) is 11.8. The fourth-order valence-corrected chi connectivity index (χ4v) is 1.98. The number of halogens is 3. The van der Waals surface area contributed by atoms with Gasteiger partial charge < -0.3 is 19.5 Å². The minimum Gasteiger partial charge on any atom is -0.482 e. The fourth-order valence-electron chi connectivity index (χ4n) is 1.80. The first-order chi connectivity index (χ1) is 12.4. The Hall–Kier alpha value is -2.87. The normalized spacial score (nSPS) is 10.3. The smallest absolute Gasteiger partial charge is 0.387 e. The number of alkyl halides is 2. The van der Waals surface area contributed by atoms with Crippen molar-refractivity contribution in [3.8, 4) is 11.5 Å². The van der Waals surface area contributed by atoms with E-state index in [9.17, 15) is 18.4 Å². The fraction of sp³-hybridized carbons (Fsp3) is 0.176. The van der Waals surface area contributed by atoms with Crippen molar-refractivity contribution in [2.75, 3.05) is 18.5 Å². The molecule has 26 heavy (non-hydrogen) atoms. The summed E-state index contributed by atoms with van der Waals surface area (Å²) < 4.78 is 38.2. The average molecular weight is 386 g/mol. The first kappa shape index (κ1) is 19.5. The lowest BCUT2D eigenvalue weighted by Gasteiger charge is -2.09. The van der Waals surface area contributed by atoms with E-state index in [1.165, 1.54) is 30.3 Å². The summed E-state index contributed by atoms with van der Waals surface area (Å²) in [4.78, 5) is 23.3. The molecule has 1 amide bonds. The molecule has 2 aromatic carbocycles. The lowest BCUT2D eigenvalue weighted by atomic mass is 10.3. The van der Waals surface area contributed by atoms with Crippen LogP contribution in [0, 0.1) is 0 Å². The van der Waals surface area contributed by atoms with E-state index in [0.717, 1.165) is 0 Å². The van der Waals surface area contributed by atoms with Crippen molar-refractivity contribution in [2.45, 2.75) is 6.61 Å². The number of carbonyl (C=O) groups is 2. The SMILES string of the molecule is O=C(COC(=O)COc1cccc(Cl)c1)Nc1ccc(OC(F)F)cc1. The topological polar surface area (TPSA) is 73.9 Å². The maximum atomic E-state index is 12.0. The van der Waals surface area contributed by atoms with Crippen LogP contribution >= 0.6 is 11.6 Å². The van der Waals surface area contributed by atoms with Gasteiger partial charge >= 0.3 is 12.6 Å². The lowest BCUT2D eigenvalue weighted by Crippen LogP contribution is -2.23. The average Bonchev–Trinajstić information content (AvgIpc) is 2.59. The van der Waals surface area contributed by atoms with Gasteiger partial charge in [-0.25, -0.2) is 4.79 Å². The molecule has 0 atom stereocenters. The van der Waals surface area contributed by atoms with E-state index in [4.69, 9.17) is 21.1 Å². The van der Waals surface area contributed by atoms with Crippen LogP contribution in [0.25, 0.3) is 0 Å². The zero-order chi connectivity index (χ0) is 18.9. The molecule has 1 N–H and O–H groups in total. The molecule has 0 aliphatic rings. The summed E-state index contributed by atoms with van der Waals surface area (Å²) in [6.07, 6.45) is 0. The van der Waals surface area contributed by atoms with E-state index in [-0.39, 0.29) is 12.4 Å². The number of esters is 1. The molecule has 0 bridgehead atoms. The molecular weight excluding hydrogens is 372 g/mol. The number of hydrogen-bond acceptors (Lipinski definition) is 5.